The van der Waals surface area contributed by atoms with Crippen molar-refractivity contribution in [3.05, 3.63) is 35.8 Å². The van der Waals surface area contributed by atoms with Crippen molar-refractivity contribution in [1.82, 2.24) is 15.0 Å². The van der Waals surface area contributed by atoms with E-state index in [1.54, 1.807) is 18.5 Å². The van der Waals surface area contributed by atoms with E-state index < -0.39 is 0 Å². The molecule has 0 radical (unpaired) electrons. The van der Waals surface area contributed by atoms with Gasteiger partial charge in [0, 0.05) is 18.0 Å². The maximum atomic E-state index is 5.67. The van der Waals surface area contributed by atoms with Crippen molar-refractivity contribution in [2.75, 3.05) is 5.43 Å². The molecule has 6 heteroatoms. The molecule has 17 heavy (non-hydrogen) atoms. The first-order valence-electron chi connectivity index (χ1n) is 5.10. The molecular formula is C11H13N5O. The first kappa shape index (κ1) is 11.3. The largest absolute Gasteiger partial charge is 0.437 e. The van der Waals surface area contributed by atoms with Crippen LogP contribution in [0.5, 0.6) is 11.6 Å². The highest BCUT2D eigenvalue weighted by Gasteiger charge is 2.07. The van der Waals surface area contributed by atoms with Gasteiger partial charge in [-0.15, -0.1) is 0 Å². The highest BCUT2D eigenvalue weighted by Crippen LogP contribution is 2.24. The van der Waals surface area contributed by atoms with Gasteiger partial charge < -0.3 is 4.74 Å². The summed E-state index contributed by atoms with van der Waals surface area (Å²) in [6, 6.07) is 3.64. The van der Waals surface area contributed by atoms with E-state index in [0.717, 1.165) is 11.3 Å². The van der Waals surface area contributed by atoms with E-state index in [1.807, 2.05) is 19.9 Å². The van der Waals surface area contributed by atoms with Crippen LogP contribution in [-0.2, 0) is 0 Å². The van der Waals surface area contributed by atoms with Gasteiger partial charge in [0.1, 0.15) is 0 Å². The van der Waals surface area contributed by atoms with Crippen LogP contribution in [-0.4, -0.2) is 15.0 Å². The number of aryl methyl sites for hydroxylation is 2. The van der Waals surface area contributed by atoms with E-state index in [-0.39, 0.29) is 0 Å². The number of nitrogens with zero attached hydrogens (tertiary/aromatic N) is 3. The van der Waals surface area contributed by atoms with Gasteiger partial charge in [-0.05, 0) is 26.0 Å². The maximum absolute atomic E-state index is 5.67. The summed E-state index contributed by atoms with van der Waals surface area (Å²) in [5.41, 5.74) is 4.00. The number of hydrogen-bond acceptors (Lipinski definition) is 6. The third kappa shape index (κ3) is 2.48. The van der Waals surface area contributed by atoms with Crippen molar-refractivity contribution in [2.45, 2.75) is 13.8 Å². The van der Waals surface area contributed by atoms with Gasteiger partial charge >= 0.3 is 0 Å². The predicted octanol–water partition coefficient (Wildman–Crippen LogP) is 1.57. The molecule has 0 bridgehead atoms. The SMILES string of the molecule is Cc1cnc(NN)nc1Oc1cccnc1C. The molecule has 0 aliphatic rings. The predicted molar refractivity (Wildman–Crippen MR) is 63.6 cm³/mol. The normalized spacial score (nSPS) is 10.1. The zero-order chi connectivity index (χ0) is 12.3. The standard InChI is InChI=1S/C11H13N5O/c1-7-6-14-11(16-12)15-10(7)17-9-4-3-5-13-8(9)2/h3-6H,12H2,1-2H3,(H,14,15,16). The molecule has 0 amide bonds. The van der Waals surface area contributed by atoms with Crippen LogP contribution in [0.25, 0.3) is 0 Å². The molecule has 6 nitrogen and oxygen atoms in total. The van der Waals surface area contributed by atoms with Gasteiger partial charge in [0.2, 0.25) is 11.8 Å². The molecule has 2 rings (SSSR count). The highest BCUT2D eigenvalue weighted by atomic mass is 16.5. The fourth-order valence-corrected chi connectivity index (χ4v) is 1.28. The molecule has 0 aliphatic carbocycles. The molecule has 88 valence electrons. The molecule has 0 saturated heterocycles. The van der Waals surface area contributed by atoms with Gasteiger partial charge in [-0.3, -0.25) is 10.4 Å². The molecule has 3 N–H and O–H groups in total. The Balaban J connectivity index is 2.32. The lowest BCUT2D eigenvalue weighted by Crippen LogP contribution is -2.11. The van der Waals surface area contributed by atoms with Gasteiger partial charge in [-0.1, -0.05) is 0 Å². The number of aromatic nitrogens is 3. The second-order valence-electron chi connectivity index (χ2n) is 3.52. The number of nitrogen functional groups attached to an aromatic ring is 1. The first-order chi connectivity index (χ1) is 8.20. The monoisotopic (exact) mass is 231 g/mol. The zero-order valence-electron chi connectivity index (χ0n) is 9.64. The van der Waals surface area contributed by atoms with Crippen molar-refractivity contribution in [3.8, 4) is 11.6 Å². The summed E-state index contributed by atoms with van der Waals surface area (Å²) in [6.07, 6.45) is 3.35. The van der Waals surface area contributed by atoms with Crippen LogP contribution < -0.4 is 16.0 Å². The molecule has 0 aliphatic heterocycles. The minimum absolute atomic E-state index is 0.312. The Kier molecular flexibility index (Phi) is 3.15. The summed E-state index contributed by atoms with van der Waals surface area (Å²) in [6.45, 7) is 3.73. The van der Waals surface area contributed by atoms with Crippen LogP contribution in [0.3, 0.4) is 0 Å². The number of hydrazine groups is 1. The van der Waals surface area contributed by atoms with Crippen LogP contribution in [0, 0.1) is 13.8 Å². The summed E-state index contributed by atoms with van der Waals surface area (Å²) >= 11 is 0. The Morgan fingerprint density at radius 1 is 1.29 bits per heavy atom. The first-order valence-corrected chi connectivity index (χ1v) is 5.10. The third-order valence-electron chi connectivity index (χ3n) is 2.22. The average Bonchev–Trinajstić information content (AvgIpc) is 2.35. The molecular weight excluding hydrogens is 218 g/mol. The van der Waals surface area contributed by atoms with E-state index in [1.165, 1.54) is 0 Å². The summed E-state index contributed by atoms with van der Waals surface area (Å²) < 4.78 is 5.67. The van der Waals surface area contributed by atoms with Gasteiger partial charge in [0.25, 0.3) is 0 Å². The van der Waals surface area contributed by atoms with Crippen LogP contribution in [0.4, 0.5) is 5.95 Å². The molecule has 0 aromatic carbocycles. The molecule has 0 unspecified atom stereocenters. The Morgan fingerprint density at radius 3 is 2.82 bits per heavy atom. The van der Waals surface area contributed by atoms with Crippen molar-refractivity contribution >= 4 is 5.95 Å². The van der Waals surface area contributed by atoms with Gasteiger partial charge in [0.15, 0.2) is 5.75 Å². The third-order valence-corrected chi connectivity index (χ3v) is 2.22. The lowest BCUT2D eigenvalue weighted by molar-refractivity contribution is 0.452. The number of nitrogens with two attached hydrogens (primary N) is 1. The fourth-order valence-electron chi connectivity index (χ4n) is 1.28. The Bertz CT molecular complexity index is 529. The summed E-state index contributed by atoms with van der Waals surface area (Å²) in [5.74, 6) is 6.69. The summed E-state index contributed by atoms with van der Waals surface area (Å²) in [4.78, 5) is 12.2. The molecule has 2 aromatic heterocycles. The number of anilines is 1. The number of hydrogen-bond donors (Lipinski definition) is 2. The van der Waals surface area contributed by atoms with Crippen molar-refractivity contribution in [3.63, 3.8) is 0 Å². The van der Waals surface area contributed by atoms with E-state index in [9.17, 15) is 0 Å². The molecule has 2 aromatic rings. The second kappa shape index (κ2) is 4.75. The van der Waals surface area contributed by atoms with Crippen molar-refractivity contribution in [1.29, 1.82) is 0 Å². The quantitative estimate of drug-likeness (QED) is 0.616. The molecule has 2 heterocycles. The second-order valence-corrected chi connectivity index (χ2v) is 3.52. The van der Waals surface area contributed by atoms with Gasteiger partial charge in [-0.25, -0.2) is 10.8 Å². The number of ether oxygens (including phenoxy) is 1. The Hall–Kier alpha value is -2.21. The summed E-state index contributed by atoms with van der Waals surface area (Å²) in [7, 11) is 0. The number of pyridine rings is 1. The zero-order valence-corrected chi connectivity index (χ0v) is 9.64. The minimum Gasteiger partial charge on any atom is -0.437 e. The molecule has 0 atom stereocenters. The number of rotatable bonds is 3. The van der Waals surface area contributed by atoms with Crippen LogP contribution >= 0.6 is 0 Å². The van der Waals surface area contributed by atoms with E-state index >= 15 is 0 Å². The smallest absolute Gasteiger partial charge is 0.240 e. The van der Waals surface area contributed by atoms with Crippen molar-refractivity contribution in [2.24, 2.45) is 5.84 Å². The van der Waals surface area contributed by atoms with Crippen molar-refractivity contribution < 1.29 is 4.74 Å². The average molecular weight is 231 g/mol. The lowest BCUT2D eigenvalue weighted by atomic mass is 10.3. The Labute approximate surface area is 98.9 Å². The van der Waals surface area contributed by atoms with Crippen LogP contribution in [0.1, 0.15) is 11.3 Å². The van der Waals surface area contributed by atoms with E-state index in [0.29, 0.717) is 17.6 Å². The topological polar surface area (TPSA) is 86.0 Å². The highest BCUT2D eigenvalue weighted by molar-refractivity contribution is 5.36. The maximum Gasteiger partial charge on any atom is 0.240 e. The lowest BCUT2D eigenvalue weighted by Gasteiger charge is -2.09. The summed E-state index contributed by atoms with van der Waals surface area (Å²) in [5, 5.41) is 0. The van der Waals surface area contributed by atoms with E-state index in [2.05, 4.69) is 20.4 Å². The van der Waals surface area contributed by atoms with Crippen LogP contribution in [0.2, 0.25) is 0 Å². The van der Waals surface area contributed by atoms with Crippen LogP contribution in [0.15, 0.2) is 24.5 Å². The minimum atomic E-state index is 0.312. The fraction of sp³-hybridized carbons (Fsp3) is 0.182. The molecule has 0 spiro atoms. The number of nitrogens with one attached hydrogen (secondary N) is 1. The van der Waals surface area contributed by atoms with Gasteiger partial charge in [0.05, 0.1) is 5.69 Å². The molecule has 0 saturated carbocycles. The van der Waals surface area contributed by atoms with Gasteiger partial charge in [-0.2, -0.15) is 4.98 Å². The Morgan fingerprint density at radius 2 is 2.12 bits per heavy atom. The molecule has 0 fully saturated rings. The van der Waals surface area contributed by atoms with E-state index in [4.69, 9.17) is 10.6 Å².